The SMILES string of the molecule is COC(=O)c1c(-c2ccc(Br)cc2F)nn(-c2ccccc2)c1C(=O)OC. The highest BCUT2D eigenvalue weighted by molar-refractivity contribution is 9.10. The molecular formula is C19H14BrFN2O4. The molecule has 2 aromatic carbocycles. The van der Waals surface area contributed by atoms with Crippen LogP contribution >= 0.6 is 15.9 Å². The second-order valence-electron chi connectivity index (χ2n) is 5.43. The topological polar surface area (TPSA) is 70.4 Å². The standard InChI is InChI=1S/C19H14BrFN2O4/c1-26-18(24)15-16(13-9-8-11(20)10-14(13)21)22-23(17(15)19(25)27-2)12-6-4-3-5-7-12/h3-10H,1-2H3. The summed E-state index contributed by atoms with van der Waals surface area (Å²) in [4.78, 5) is 24.9. The Bertz CT molecular complexity index is 1020. The number of para-hydroxylation sites is 1. The van der Waals surface area contributed by atoms with Crippen LogP contribution in [0.1, 0.15) is 20.8 Å². The molecule has 0 saturated carbocycles. The molecule has 3 rings (SSSR count). The lowest BCUT2D eigenvalue weighted by Gasteiger charge is -2.07. The molecule has 0 spiro atoms. The molecular weight excluding hydrogens is 419 g/mol. The van der Waals surface area contributed by atoms with E-state index >= 15 is 0 Å². The molecule has 0 aliphatic carbocycles. The van der Waals surface area contributed by atoms with Crippen molar-refractivity contribution in [3.05, 3.63) is 70.1 Å². The molecule has 0 fully saturated rings. The van der Waals surface area contributed by atoms with Gasteiger partial charge in [-0.1, -0.05) is 34.1 Å². The number of esters is 2. The average Bonchev–Trinajstić information content (AvgIpc) is 3.07. The smallest absolute Gasteiger partial charge is 0.357 e. The van der Waals surface area contributed by atoms with Crippen molar-refractivity contribution >= 4 is 27.9 Å². The van der Waals surface area contributed by atoms with Crippen LogP contribution in [0.3, 0.4) is 0 Å². The number of carbonyl (C=O) groups excluding carboxylic acids is 2. The van der Waals surface area contributed by atoms with Crippen LogP contribution in [0.5, 0.6) is 0 Å². The van der Waals surface area contributed by atoms with Crippen LogP contribution in [0.2, 0.25) is 0 Å². The van der Waals surface area contributed by atoms with E-state index in [2.05, 4.69) is 21.0 Å². The first-order valence-corrected chi connectivity index (χ1v) is 8.57. The lowest BCUT2D eigenvalue weighted by atomic mass is 10.1. The van der Waals surface area contributed by atoms with Crippen molar-refractivity contribution in [1.82, 2.24) is 9.78 Å². The Labute approximate surface area is 162 Å². The number of methoxy groups -OCH3 is 2. The van der Waals surface area contributed by atoms with Crippen LogP contribution in [-0.2, 0) is 9.47 Å². The molecule has 1 heterocycles. The van der Waals surface area contributed by atoms with E-state index in [1.54, 1.807) is 36.4 Å². The number of halogens is 2. The zero-order valence-corrected chi connectivity index (χ0v) is 16.0. The van der Waals surface area contributed by atoms with Gasteiger partial charge in [0.2, 0.25) is 0 Å². The lowest BCUT2D eigenvalue weighted by molar-refractivity contribution is 0.0549. The lowest BCUT2D eigenvalue weighted by Crippen LogP contribution is -2.15. The number of hydrogen-bond donors (Lipinski definition) is 0. The Morgan fingerprint density at radius 1 is 1.04 bits per heavy atom. The average molecular weight is 433 g/mol. The summed E-state index contributed by atoms with van der Waals surface area (Å²) in [6.07, 6.45) is 0. The minimum atomic E-state index is -0.824. The van der Waals surface area contributed by atoms with Gasteiger partial charge >= 0.3 is 11.9 Å². The van der Waals surface area contributed by atoms with E-state index in [1.165, 1.54) is 31.0 Å². The van der Waals surface area contributed by atoms with Gasteiger partial charge in [-0.05, 0) is 30.3 Å². The Balaban J connectivity index is 2.38. The monoisotopic (exact) mass is 432 g/mol. The molecule has 0 unspecified atom stereocenters. The highest BCUT2D eigenvalue weighted by Gasteiger charge is 2.32. The molecule has 3 aromatic rings. The molecule has 0 amide bonds. The van der Waals surface area contributed by atoms with E-state index in [0.29, 0.717) is 10.2 Å². The van der Waals surface area contributed by atoms with Crippen molar-refractivity contribution in [1.29, 1.82) is 0 Å². The van der Waals surface area contributed by atoms with Crippen LogP contribution in [-0.4, -0.2) is 35.9 Å². The second-order valence-corrected chi connectivity index (χ2v) is 6.34. The van der Waals surface area contributed by atoms with E-state index in [9.17, 15) is 14.0 Å². The van der Waals surface area contributed by atoms with Crippen molar-refractivity contribution in [3.8, 4) is 16.9 Å². The van der Waals surface area contributed by atoms with Gasteiger partial charge in [0.15, 0.2) is 5.69 Å². The molecule has 138 valence electrons. The highest BCUT2D eigenvalue weighted by Crippen LogP contribution is 2.31. The van der Waals surface area contributed by atoms with Gasteiger partial charge in [0.1, 0.15) is 17.1 Å². The van der Waals surface area contributed by atoms with Crippen molar-refractivity contribution in [2.75, 3.05) is 14.2 Å². The fraction of sp³-hybridized carbons (Fsp3) is 0.105. The predicted molar refractivity (Wildman–Crippen MR) is 99.3 cm³/mol. The second kappa shape index (κ2) is 7.71. The number of rotatable bonds is 4. The molecule has 0 aliphatic heterocycles. The Kier molecular flexibility index (Phi) is 5.36. The van der Waals surface area contributed by atoms with E-state index in [4.69, 9.17) is 9.47 Å². The van der Waals surface area contributed by atoms with Crippen molar-refractivity contribution in [2.24, 2.45) is 0 Å². The van der Waals surface area contributed by atoms with E-state index in [0.717, 1.165) is 0 Å². The van der Waals surface area contributed by atoms with Gasteiger partial charge < -0.3 is 9.47 Å². The van der Waals surface area contributed by atoms with Crippen LogP contribution < -0.4 is 0 Å². The molecule has 6 nitrogen and oxygen atoms in total. The fourth-order valence-corrected chi connectivity index (χ4v) is 2.96. The number of aromatic nitrogens is 2. The summed E-state index contributed by atoms with van der Waals surface area (Å²) in [5, 5.41) is 4.34. The van der Waals surface area contributed by atoms with Gasteiger partial charge in [-0.15, -0.1) is 0 Å². The molecule has 8 heteroatoms. The van der Waals surface area contributed by atoms with Crippen molar-refractivity contribution in [3.63, 3.8) is 0 Å². The molecule has 0 bridgehead atoms. The van der Waals surface area contributed by atoms with Crippen LogP contribution in [0.25, 0.3) is 16.9 Å². The molecule has 0 atom stereocenters. The summed E-state index contributed by atoms with van der Waals surface area (Å²) >= 11 is 3.19. The van der Waals surface area contributed by atoms with Crippen molar-refractivity contribution < 1.29 is 23.5 Å². The quantitative estimate of drug-likeness (QED) is 0.582. The highest BCUT2D eigenvalue weighted by atomic mass is 79.9. The molecule has 0 saturated heterocycles. The summed E-state index contributed by atoms with van der Waals surface area (Å²) < 4.78 is 26.0. The Morgan fingerprint density at radius 2 is 1.70 bits per heavy atom. The van der Waals surface area contributed by atoms with Gasteiger partial charge in [-0.3, -0.25) is 0 Å². The maximum Gasteiger partial charge on any atom is 0.357 e. The first-order valence-electron chi connectivity index (χ1n) is 7.78. The van der Waals surface area contributed by atoms with Crippen LogP contribution in [0.4, 0.5) is 4.39 Å². The predicted octanol–water partition coefficient (Wildman–Crippen LogP) is 4.01. The third kappa shape index (κ3) is 3.48. The summed E-state index contributed by atoms with van der Waals surface area (Å²) in [5.74, 6) is -2.23. The molecule has 0 radical (unpaired) electrons. The molecule has 1 aromatic heterocycles. The van der Waals surface area contributed by atoms with Gasteiger partial charge in [0.25, 0.3) is 0 Å². The maximum atomic E-state index is 14.6. The van der Waals surface area contributed by atoms with Crippen molar-refractivity contribution in [2.45, 2.75) is 0 Å². The summed E-state index contributed by atoms with van der Waals surface area (Å²) in [6, 6.07) is 13.0. The minimum absolute atomic E-state index is 0.0175. The largest absolute Gasteiger partial charge is 0.465 e. The number of nitrogens with zero attached hydrogens (tertiary/aromatic N) is 2. The third-order valence-electron chi connectivity index (χ3n) is 3.84. The van der Waals surface area contributed by atoms with Gasteiger partial charge in [0, 0.05) is 10.0 Å². The zero-order valence-electron chi connectivity index (χ0n) is 14.4. The third-order valence-corrected chi connectivity index (χ3v) is 4.33. The van der Waals surface area contributed by atoms with Gasteiger partial charge in [0.05, 0.1) is 19.9 Å². The number of hydrogen-bond acceptors (Lipinski definition) is 5. The van der Waals surface area contributed by atoms with E-state index in [-0.39, 0.29) is 22.5 Å². The maximum absolute atomic E-state index is 14.6. The Hall–Kier alpha value is -3.00. The number of benzene rings is 2. The molecule has 27 heavy (non-hydrogen) atoms. The first-order chi connectivity index (χ1) is 13.0. The number of carbonyl (C=O) groups is 2. The molecule has 0 aliphatic rings. The summed E-state index contributed by atoms with van der Waals surface area (Å²) in [6.45, 7) is 0. The molecule has 0 N–H and O–H groups in total. The first kappa shape index (κ1) is 18.8. The minimum Gasteiger partial charge on any atom is -0.465 e. The summed E-state index contributed by atoms with van der Waals surface area (Å²) in [7, 11) is 2.36. The van der Waals surface area contributed by atoms with E-state index in [1.807, 2.05) is 0 Å². The van der Waals surface area contributed by atoms with Crippen LogP contribution in [0.15, 0.2) is 53.0 Å². The number of ether oxygens (including phenoxy) is 2. The Morgan fingerprint density at radius 3 is 2.30 bits per heavy atom. The van der Waals surface area contributed by atoms with E-state index < -0.39 is 17.8 Å². The zero-order chi connectivity index (χ0) is 19.6. The summed E-state index contributed by atoms with van der Waals surface area (Å²) in [5.41, 5.74) is 0.226. The van der Waals surface area contributed by atoms with Gasteiger partial charge in [-0.25, -0.2) is 18.7 Å². The fourth-order valence-electron chi connectivity index (χ4n) is 2.62. The van der Waals surface area contributed by atoms with Gasteiger partial charge in [-0.2, -0.15) is 5.10 Å². The normalized spacial score (nSPS) is 10.5. The van der Waals surface area contributed by atoms with Crippen LogP contribution in [0, 0.1) is 5.82 Å².